The lowest BCUT2D eigenvalue weighted by atomic mass is 10.1. The van der Waals surface area contributed by atoms with Crippen molar-refractivity contribution in [1.29, 1.82) is 0 Å². The summed E-state index contributed by atoms with van der Waals surface area (Å²) in [4.78, 5) is 68.5. The monoisotopic (exact) mass is 597 g/mol. The van der Waals surface area contributed by atoms with Gasteiger partial charge in [0.25, 0.3) is 17.1 Å². The van der Waals surface area contributed by atoms with Gasteiger partial charge < -0.3 is 24.1 Å². The molecule has 1 saturated heterocycles. The molecule has 3 aromatic rings. The molecule has 0 bridgehead atoms. The Morgan fingerprint density at radius 1 is 0.651 bits per heavy atom. The molecule has 1 N–H and O–H groups in total. The number of carbonyl (C=O) groups excluding carboxylic acids is 3. The predicted octanol–water partition coefficient (Wildman–Crippen LogP) is 2.74. The van der Waals surface area contributed by atoms with Crippen LogP contribution in [0.25, 0.3) is 0 Å². The largest absolute Gasteiger partial charge is 0.459 e. The zero-order chi connectivity index (χ0) is 31.3. The van der Waals surface area contributed by atoms with E-state index < -0.39 is 63.9 Å². The topological polar surface area (TPSA) is 238 Å². The summed E-state index contributed by atoms with van der Waals surface area (Å²) >= 11 is 0. The molecule has 1 aliphatic heterocycles. The SMILES string of the molecule is O=C(OCC1OC(OC(=O)c2ccc([N+](=O)[O-])cc2)C(O)C1OC(=O)c1ccc([N+](=O)[O-])cc1)c1ccc([N+](=O)[O-])cc1. The number of non-ortho nitro benzene ring substituents is 3. The molecule has 1 aliphatic rings. The summed E-state index contributed by atoms with van der Waals surface area (Å²) in [6, 6.07) is 13.1. The van der Waals surface area contributed by atoms with Crippen molar-refractivity contribution in [2.24, 2.45) is 0 Å². The Morgan fingerprint density at radius 2 is 1.02 bits per heavy atom. The van der Waals surface area contributed by atoms with E-state index in [0.29, 0.717) is 0 Å². The third-order valence-corrected chi connectivity index (χ3v) is 6.08. The molecule has 4 unspecified atom stereocenters. The third-order valence-electron chi connectivity index (χ3n) is 6.08. The second-order valence-corrected chi connectivity index (χ2v) is 8.82. The first kappa shape index (κ1) is 30.2. The molecule has 0 spiro atoms. The Labute approximate surface area is 239 Å². The molecular formula is C26H19N3O14. The first-order valence-electron chi connectivity index (χ1n) is 12.1. The van der Waals surface area contributed by atoms with E-state index in [-0.39, 0.29) is 33.8 Å². The Kier molecular flexibility index (Phi) is 8.97. The van der Waals surface area contributed by atoms with Crippen LogP contribution >= 0.6 is 0 Å². The van der Waals surface area contributed by atoms with Gasteiger partial charge in [-0.3, -0.25) is 30.3 Å². The number of esters is 3. The predicted molar refractivity (Wildman–Crippen MR) is 139 cm³/mol. The van der Waals surface area contributed by atoms with Crippen LogP contribution < -0.4 is 0 Å². The first-order valence-corrected chi connectivity index (χ1v) is 12.1. The highest BCUT2D eigenvalue weighted by molar-refractivity contribution is 5.91. The number of ether oxygens (including phenoxy) is 4. The van der Waals surface area contributed by atoms with Gasteiger partial charge in [0, 0.05) is 36.4 Å². The van der Waals surface area contributed by atoms with Crippen molar-refractivity contribution in [1.82, 2.24) is 0 Å². The number of hydrogen-bond donors (Lipinski definition) is 1. The van der Waals surface area contributed by atoms with E-state index in [4.69, 9.17) is 18.9 Å². The molecule has 0 radical (unpaired) electrons. The summed E-state index contributed by atoms with van der Waals surface area (Å²) in [6.45, 7) is -0.642. The summed E-state index contributed by atoms with van der Waals surface area (Å²) in [5.41, 5.74) is -1.18. The first-order chi connectivity index (χ1) is 20.4. The van der Waals surface area contributed by atoms with Crippen LogP contribution in [0.5, 0.6) is 0 Å². The third kappa shape index (κ3) is 7.10. The molecule has 43 heavy (non-hydrogen) atoms. The highest BCUT2D eigenvalue weighted by atomic mass is 16.7. The summed E-state index contributed by atoms with van der Waals surface area (Å²) < 4.78 is 21.2. The molecular weight excluding hydrogens is 578 g/mol. The second-order valence-electron chi connectivity index (χ2n) is 8.82. The maximum Gasteiger partial charge on any atom is 0.340 e. The molecule has 0 saturated carbocycles. The van der Waals surface area contributed by atoms with Crippen molar-refractivity contribution < 1.29 is 53.2 Å². The minimum atomic E-state index is -1.81. The lowest BCUT2D eigenvalue weighted by molar-refractivity contribution is -0.385. The van der Waals surface area contributed by atoms with Gasteiger partial charge in [-0.25, -0.2) is 14.4 Å². The summed E-state index contributed by atoms with van der Waals surface area (Å²) in [6.07, 6.45) is -6.54. The summed E-state index contributed by atoms with van der Waals surface area (Å²) in [7, 11) is 0. The number of rotatable bonds is 10. The lowest BCUT2D eigenvalue weighted by Crippen LogP contribution is -2.40. The van der Waals surface area contributed by atoms with Gasteiger partial charge in [0.2, 0.25) is 6.29 Å². The average molecular weight is 597 g/mol. The normalized spacial score (nSPS) is 19.2. The van der Waals surface area contributed by atoms with Gasteiger partial charge in [0.15, 0.2) is 12.2 Å². The second kappa shape index (κ2) is 12.8. The van der Waals surface area contributed by atoms with Gasteiger partial charge in [0.1, 0.15) is 12.7 Å². The zero-order valence-electron chi connectivity index (χ0n) is 21.5. The lowest BCUT2D eigenvalue weighted by Gasteiger charge is -2.20. The number of carbonyl (C=O) groups is 3. The van der Waals surface area contributed by atoms with Crippen LogP contribution in [0.3, 0.4) is 0 Å². The van der Waals surface area contributed by atoms with Gasteiger partial charge in [-0.15, -0.1) is 0 Å². The van der Waals surface area contributed by atoms with Crippen LogP contribution in [0.2, 0.25) is 0 Å². The quantitative estimate of drug-likeness (QED) is 0.153. The number of aliphatic hydroxyl groups is 1. The summed E-state index contributed by atoms with van der Waals surface area (Å²) in [5.74, 6) is -3.04. The van der Waals surface area contributed by atoms with Crippen molar-refractivity contribution in [3.63, 3.8) is 0 Å². The molecule has 0 amide bonds. The van der Waals surface area contributed by atoms with Crippen molar-refractivity contribution in [3.05, 3.63) is 120 Å². The molecule has 17 nitrogen and oxygen atoms in total. The van der Waals surface area contributed by atoms with E-state index >= 15 is 0 Å². The molecule has 0 aromatic heterocycles. The standard InChI is InChI=1S/C26H19N3O14/c30-21-22(42-24(32)15-3-9-18(10-4-15)28(36)37)20(13-40-23(31)14-1-7-17(8-2-14)27(34)35)41-26(21)43-25(33)16-5-11-19(12-6-16)29(38)39/h1-12,20-22,26,30H,13H2. The van der Waals surface area contributed by atoms with E-state index in [1.807, 2.05) is 0 Å². The van der Waals surface area contributed by atoms with E-state index in [2.05, 4.69) is 0 Å². The van der Waals surface area contributed by atoms with Crippen LogP contribution in [-0.2, 0) is 18.9 Å². The number of nitro benzene ring substituents is 3. The number of nitrogens with zero attached hydrogens (tertiary/aromatic N) is 3. The van der Waals surface area contributed by atoms with Gasteiger partial charge in [-0.2, -0.15) is 0 Å². The number of aliphatic hydroxyl groups excluding tert-OH is 1. The zero-order valence-corrected chi connectivity index (χ0v) is 21.5. The smallest absolute Gasteiger partial charge is 0.340 e. The number of hydrogen-bond acceptors (Lipinski definition) is 14. The Balaban J connectivity index is 1.49. The van der Waals surface area contributed by atoms with Crippen LogP contribution in [0.15, 0.2) is 72.8 Å². The Hall–Kier alpha value is -5.81. The molecule has 1 heterocycles. The van der Waals surface area contributed by atoms with Crippen LogP contribution in [0.1, 0.15) is 31.1 Å². The van der Waals surface area contributed by atoms with Crippen molar-refractivity contribution in [2.45, 2.75) is 24.6 Å². The molecule has 4 rings (SSSR count). The average Bonchev–Trinajstić information content (AvgIpc) is 3.28. The molecule has 4 atom stereocenters. The number of nitro groups is 3. The van der Waals surface area contributed by atoms with Gasteiger partial charge in [-0.05, 0) is 36.4 Å². The Morgan fingerprint density at radius 3 is 1.42 bits per heavy atom. The van der Waals surface area contributed by atoms with Crippen molar-refractivity contribution in [2.75, 3.05) is 6.61 Å². The maximum atomic E-state index is 12.8. The van der Waals surface area contributed by atoms with Crippen molar-refractivity contribution in [3.8, 4) is 0 Å². The highest BCUT2D eigenvalue weighted by Crippen LogP contribution is 2.28. The van der Waals surface area contributed by atoms with Gasteiger partial charge in [0.05, 0.1) is 31.5 Å². The van der Waals surface area contributed by atoms with E-state index in [1.54, 1.807) is 0 Å². The van der Waals surface area contributed by atoms with Crippen LogP contribution in [0.4, 0.5) is 17.1 Å². The van der Waals surface area contributed by atoms with Crippen LogP contribution in [-0.4, -0.2) is 69.0 Å². The van der Waals surface area contributed by atoms with E-state index in [0.717, 1.165) is 72.8 Å². The van der Waals surface area contributed by atoms with E-state index in [1.165, 1.54) is 0 Å². The fraction of sp³-hybridized carbons (Fsp3) is 0.192. The molecule has 17 heteroatoms. The van der Waals surface area contributed by atoms with Crippen LogP contribution in [0, 0.1) is 30.3 Å². The summed E-state index contributed by atoms with van der Waals surface area (Å²) in [5, 5.41) is 43.4. The molecule has 1 fully saturated rings. The van der Waals surface area contributed by atoms with Gasteiger partial charge in [-0.1, -0.05) is 0 Å². The fourth-order valence-corrected chi connectivity index (χ4v) is 3.85. The molecule has 222 valence electrons. The van der Waals surface area contributed by atoms with Gasteiger partial charge >= 0.3 is 17.9 Å². The maximum absolute atomic E-state index is 12.8. The molecule has 3 aromatic carbocycles. The van der Waals surface area contributed by atoms with E-state index in [9.17, 15) is 49.8 Å². The number of benzene rings is 3. The minimum Gasteiger partial charge on any atom is -0.459 e. The highest BCUT2D eigenvalue weighted by Gasteiger charge is 2.49. The Bertz CT molecular complexity index is 1560. The van der Waals surface area contributed by atoms with Crippen molar-refractivity contribution >= 4 is 35.0 Å². The molecule has 0 aliphatic carbocycles. The minimum absolute atomic E-state index is 0.0651. The fourth-order valence-electron chi connectivity index (χ4n) is 3.85.